The molecule has 1 saturated heterocycles. The van der Waals surface area contributed by atoms with Gasteiger partial charge in [0.05, 0.1) is 0 Å². The first-order valence-corrected chi connectivity index (χ1v) is 8.31. The van der Waals surface area contributed by atoms with Crippen LogP contribution in [0.5, 0.6) is 0 Å². The van der Waals surface area contributed by atoms with Crippen molar-refractivity contribution in [3.05, 3.63) is 35.4 Å². The fraction of sp³-hybridized carbons (Fsp3) is 0.667. The SMILES string of the molecule is CC(C)c1ccc(C(CN)N2CCN(C(C)C)CC2)cc1. The molecule has 2 rings (SSSR count). The summed E-state index contributed by atoms with van der Waals surface area (Å²) in [6.45, 7) is 14.3. The second kappa shape index (κ2) is 7.39. The first-order valence-electron chi connectivity index (χ1n) is 8.31. The summed E-state index contributed by atoms with van der Waals surface area (Å²) in [4.78, 5) is 5.09. The van der Waals surface area contributed by atoms with Crippen molar-refractivity contribution in [1.82, 2.24) is 9.80 Å². The molecule has 0 spiro atoms. The van der Waals surface area contributed by atoms with Crippen molar-refractivity contribution in [1.29, 1.82) is 0 Å². The molecule has 1 aromatic carbocycles. The van der Waals surface area contributed by atoms with E-state index in [0.717, 1.165) is 26.2 Å². The second-order valence-corrected chi connectivity index (χ2v) is 6.74. The third-order valence-electron chi connectivity index (χ3n) is 4.73. The van der Waals surface area contributed by atoms with Crippen molar-refractivity contribution >= 4 is 0 Å². The Hall–Kier alpha value is -0.900. The van der Waals surface area contributed by atoms with Crippen LogP contribution in [0.2, 0.25) is 0 Å². The number of rotatable bonds is 5. The minimum Gasteiger partial charge on any atom is -0.329 e. The maximum Gasteiger partial charge on any atom is 0.0471 e. The van der Waals surface area contributed by atoms with Crippen LogP contribution in [0, 0.1) is 0 Å². The molecule has 1 aliphatic rings. The van der Waals surface area contributed by atoms with Crippen LogP contribution in [0.3, 0.4) is 0 Å². The van der Waals surface area contributed by atoms with E-state index in [1.807, 2.05) is 0 Å². The van der Waals surface area contributed by atoms with Gasteiger partial charge >= 0.3 is 0 Å². The quantitative estimate of drug-likeness (QED) is 0.904. The molecule has 118 valence electrons. The number of benzene rings is 1. The lowest BCUT2D eigenvalue weighted by Crippen LogP contribution is -2.50. The van der Waals surface area contributed by atoms with Gasteiger partial charge in [0.25, 0.3) is 0 Å². The third kappa shape index (κ3) is 4.06. The van der Waals surface area contributed by atoms with Crippen molar-refractivity contribution in [2.45, 2.75) is 45.7 Å². The fourth-order valence-corrected chi connectivity index (χ4v) is 3.16. The van der Waals surface area contributed by atoms with E-state index in [9.17, 15) is 0 Å². The lowest BCUT2D eigenvalue weighted by atomic mass is 9.98. The van der Waals surface area contributed by atoms with Crippen LogP contribution in [0.25, 0.3) is 0 Å². The van der Waals surface area contributed by atoms with Crippen LogP contribution in [-0.2, 0) is 0 Å². The van der Waals surface area contributed by atoms with Gasteiger partial charge in [-0.3, -0.25) is 9.80 Å². The van der Waals surface area contributed by atoms with Gasteiger partial charge in [-0.15, -0.1) is 0 Å². The second-order valence-electron chi connectivity index (χ2n) is 6.74. The molecular formula is C18H31N3. The van der Waals surface area contributed by atoms with Gasteiger partial charge in [0.1, 0.15) is 0 Å². The zero-order valence-electron chi connectivity index (χ0n) is 14.0. The standard InChI is InChI=1S/C18H31N3/c1-14(2)16-5-7-17(8-6-16)18(13-19)21-11-9-20(10-12-21)15(3)4/h5-8,14-15,18H,9-13,19H2,1-4H3. The smallest absolute Gasteiger partial charge is 0.0471 e. The third-order valence-corrected chi connectivity index (χ3v) is 4.73. The Morgan fingerprint density at radius 3 is 1.76 bits per heavy atom. The maximum atomic E-state index is 6.07. The van der Waals surface area contributed by atoms with Crippen molar-refractivity contribution in [2.75, 3.05) is 32.7 Å². The molecule has 3 heteroatoms. The number of nitrogens with zero attached hydrogens (tertiary/aromatic N) is 2. The molecule has 2 N–H and O–H groups in total. The van der Waals surface area contributed by atoms with Crippen LogP contribution >= 0.6 is 0 Å². The van der Waals surface area contributed by atoms with E-state index in [-0.39, 0.29) is 0 Å². The Morgan fingerprint density at radius 1 is 0.857 bits per heavy atom. The lowest BCUT2D eigenvalue weighted by molar-refractivity contribution is 0.0802. The van der Waals surface area contributed by atoms with Crippen LogP contribution in [-0.4, -0.2) is 48.6 Å². The molecule has 1 aliphatic heterocycles. The van der Waals surface area contributed by atoms with Crippen LogP contribution in [0.1, 0.15) is 50.8 Å². The van der Waals surface area contributed by atoms with Gasteiger partial charge < -0.3 is 5.73 Å². The van der Waals surface area contributed by atoms with Crippen LogP contribution < -0.4 is 5.73 Å². The zero-order chi connectivity index (χ0) is 15.4. The van der Waals surface area contributed by atoms with Gasteiger partial charge in [-0.05, 0) is 30.9 Å². The predicted molar refractivity (Wildman–Crippen MR) is 90.6 cm³/mol. The molecular weight excluding hydrogens is 258 g/mol. The number of hydrogen-bond acceptors (Lipinski definition) is 3. The maximum absolute atomic E-state index is 6.07. The van der Waals surface area contributed by atoms with Crippen molar-refractivity contribution in [2.24, 2.45) is 5.73 Å². The van der Waals surface area contributed by atoms with E-state index < -0.39 is 0 Å². The van der Waals surface area contributed by atoms with Crippen molar-refractivity contribution < 1.29 is 0 Å². The molecule has 0 bridgehead atoms. The summed E-state index contributed by atoms with van der Waals surface area (Å²) in [5.41, 5.74) is 8.84. The summed E-state index contributed by atoms with van der Waals surface area (Å²) >= 11 is 0. The van der Waals surface area contributed by atoms with Gasteiger partial charge in [0.15, 0.2) is 0 Å². The average Bonchev–Trinajstić information content (AvgIpc) is 2.49. The van der Waals surface area contributed by atoms with E-state index in [4.69, 9.17) is 5.73 Å². The van der Waals surface area contributed by atoms with Crippen molar-refractivity contribution in [3.63, 3.8) is 0 Å². The van der Waals surface area contributed by atoms with Gasteiger partial charge in [-0.1, -0.05) is 38.1 Å². The number of piperazine rings is 1. The Morgan fingerprint density at radius 2 is 1.33 bits per heavy atom. The molecule has 1 heterocycles. The summed E-state index contributed by atoms with van der Waals surface area (Å²) in [6.07, 6.45) is 0. The summed E-state index contributed by atoms with van der Waals surface area (Å²) in [7, 11) is 0. The summed E-state index contributed by atoms with van der Waals surface area (Å²) in [5, 5.41) is 0. The van der Waals surface area contributed by atoms with Gasteiger partial charge in [-0.25, -0.2) is 0 Å². The molecule has 0 radical (unpaired) electrons. The molecule has 0 aromatic heterocycles. The number of hydrogen-bond donors (Lipinski definition) is 1. The average molecular weight is 289 g/mol. The minimum absolute atomic E-state index is 0.362. The minimum atomic E-state index is 0.362. The Labute approximate surface area is 130 Å². The predicted octanol–water partition coefficient (Wildman–Crippen LogP) is 2.84. The van der Waals surface area contributed by atoms with Crippen molar-refractivity contribution in [3.8, 4) is 0 Å². The first kappa shape index (κ1) is 16.5. The molecule has 1 fully saturated rings. The molecule has 21 heavy (non-hydrogen) atoms. The lowest BCUT2D eigenvalue weighted by Gasteiger charge is -2.40. The molecule has 0 amide bonds. The van der Waals surface area contributed by atoms with E-state index in [2.05, 4.69) is 61.8 Å². The Bertz CT molecular complexity index is 417. The molecule has 0 aliphatic carbocycles. The van der Waals surface area contributed by atoms with Crippen LogP contribution in [0.4, 0.5) is 0 Å². The fourth-order valence-electron chi connectivity index (χ4n) is 3.16. The van der Waals surface area contributed by atoms with Gasteiger partial charge in [-0.2, -0.15) is 0 Å². The van der Waals surface area contributed by atoms with Gasteiger partial charge in [0.2, 0.25) is 0 Å². The highest BCUT2D eigenvalue weighted by Gasteiger charge is 2.25. The van der Waals surface area contributed by atoms with E-state index in [1.165, 1.54) is 11.1 Å². The first-order chi connectivity index (χ1) is 10.0. The molecule has 1 aromatic rings. The number of nitrogens with two attached hydrogens (primary N) is 1. The highest BCUT2D eigenvalue weighted by molar-refractivity contribution is 5.27. The van der Waals surface area contributed by atoms with E-state index in [1.54, 1.807) is 0 Å². The highest BCUT2D eigenvalue weighted by Crippen LogP contribution is 2.24. The highest BCUT2D eigenvalue weighted by atomic mass is 15.3. The monoisotopic (exact) mass is 289 g/mol. The topological polar surface area (TPSA) is 32.5 Å². The Balaban J connectivity index is 2.03. The summed E-state index contributed by atoms with van der Waals surface area (Å²) < 4.78 is 0. The van der Waals surface area contributed by atoms with Crippen LogP contribution in [0.15, 0.2) is 24.3 Å². The van der Waals surface area contributed by atoms with Gasteiger partial charge in [0, 0.05) is 44.8 Å². The molecule has 1 unspecified atom stereocenters. The molecule has 3 nitrogen and oxygen atoms in total. The molecule has 0 saturated carbocycles. The summed E-state index contributed by atoms with van der Waals surface area (Å²) in [6, 6.07) is 10.1. The largest absolute Gasteiger partial charge is 0.329 e. The summed E-state index contributed by atoms with van der Waals surface area (Å²) in [5.74, 6) is 0.588. The van der Waals surface area contributed by atoms with E-state index >= 15 is 0 Å². The van der Waals surface area contributed by atoms with E-state index in [0.29, 0.717) is 24.5 Å². The molecule has 1 atom stereocenters. The zero-order valence-corrected chi connectivity index (χ0v) is 14.0. The normalized spacial score (nSPS) is 19.4. The Kier molecular flexibility index (Phi) is 5.80.